The molecule has 1 N–H and O–H groups in total. The molecule has 130 valence electrons. The number of carbonyl (C=O) groups excluding carboxylic acids is 1. The van der Waals surface area contributed by atoms with E-state index in [9.17, 15) is 4.79 Å². The summed E-state index contributed by atoms with van der Waals surface area (Å²) in [6.07, 6.45) is 1.59. The number of hydrogen-bond donors (Lipinski definition) is 1. The van der Waals surface area contributed by atoms with E-state index in [0.717, 1.165) is 24.4 Å². The average Bonchev–Trinajstić information content (AvgIpc) is 2.69. The predicted molar refractivity (Wildman–Crippen MR) is 96.4 cm³/mol. The molecule has 1 aromatic carbocycles. The Morgan fingerprint density at radius 3 is 2.56 bits per heavy atom. The van der Waals surface area contributed by atoms with Crippen LogP contribution < -0.4 is 5.43 Å². The fraction of sp³-hybridized carbons (Fsp3) is 0.316. The largest absolute Gasteiger partial charge is 0.379 e. The van der Waals surface area contributed by atoms with Gasteiger partial charge in [0, 0.05) is 19.3 Å². The zero-order chi connectivity index (χ0) is 17.5. The van der Waals surface area contributed by atoms with Crippen LogP contribution in [0.3, 0.4) is 0 Å². The predicted octanol–water partition coefficient (Wildman–Crippen LogP) is 2.26. The van der Waals surface area contributed by atoms with Crippen LogP contribution in [0.15, 0.2) is 59.8 Å². The molecule has 0 bridgehead atoms. The molecule has 0 saturated carbocycles. The second-order valence-electron chi connectivity index (χ2n) is 5.87. The maximum absolute atomic E-state index is 12.2. The fourth-order valence-corrected chi connectivity index (χ4v) is 2.94. The van der Waals surface area contributed by atoms with Gasteiger partial charge in [0.2, 0.25) is 0 Å². The number of amides is 1. The highest BCUT2D eigenvalue weighted by molar-refractivity contribution is 5.94. The number of hydrazone groups is 1. The van der Waals surface area contributed by atoms with E-state index in [0.29, 0.717) is 18.9 Å². The van der Waals surface area contributed by atoms with Crippen LogP contribution in [-0.4, -0.2) is 47.8 Å². The maximum Gasteiger partial charge on any atom is 0.289 e. The Hall–Kier alpha value is -2.57. The standard InChI is InChI=1S/C19H22N4O2/c1-15(21-22-19(24)17-9-5-6-10-20-17)18(16-7-3-2-4-8-16)23-11-13-25-14-12-23/h2-10,18H,11-14H2,1H3,(H,22,24)/b21-15-/t18-/m1/s1. The van der Waals surface area contributed by atoms with Gasteiger partial charge in [-0.3, -0.25) is 14.7 Å². The van der Waals surface area contributed by atoms with Gasteiger partial charge in [0.15, 0.2) is 0 Å². The van der Waals surface area contributed by atoms with Crippen molar-refractivity contribution in [2.45, 2.75) is 13.0 Å². The van der Waals surface area contributed by atoms with Crippen molar-refractivity contribution < 1.29 is 9.53 Å². The van der Waals surface area contributed by atoms with E-state index in [2.05, 4.69) is 32.5 Å². The lowest BCUT2D eigenvalue weighted by molar-refractivity contribution is 0.0285. The Morgan fingerprint density at radius 2 is 1.88 bits per heavy atom. The summed E-state index contributed by atoms with van der Waals surface area (Å²) < 4.78 is 5.46. The van der Waals surface area contributed by atoms with Crippen LogP contribution in [0.4, 0.5) is 0 Å². The first-order valence-electron chi connectivity index (χ1n) is 8.38. The average molecular weight is 338 g/mol. The Labute approximate surface area is 147 Å². The van der Waals surface area contributed by atoms with Crippen LogP contribution in [0.1, 0.15) is 29.0 Å². The second kappa shape index (κ2) is 8.50. The second-order valence-corrected chi connectivity index (χ2v) is 5.87. The lowest BCUT2D eigenvalue weighted by atomic mass is 10.0. The van der Waals surface area contributed by atoms with Crippen molar-refractivity contribution in [1.82, 2.24) is 15.3 Å². The van der Waals surface area contributed by atoms with E-state index < -0.39 is 0 Å². The van der Waals surface area contributed by atoms with Gasteiger partial charge in [-0.2, -0.15) is 5.10 Å². The van der Waals surface area contributed by atoms with Crippen molar-refractivity contribution in [3.05, 3.63) is 66.0 Å². The van der Waals surface area contributed by atoms with Gasteiger partial charge in [-0.1, -0.05) is 36.4 Å². The number of morpholine rings is 1. The van der Waals surface area contributed by atoms with E-state index in [-0.39, 0.29) is 11.9 Å². The molecule has 6 heteroatoms. The molecule has 3 rings (SSSR count). The van der Waals surface area contributed by atoms with Crippen molar-refractivity contribution >= 4 is 11.6 Å². The first kappa shape index (κ1) is 17.3. The van der Waals surface area contributed by atoms with Gasteiger partial charge in [0.05, 0.1) is 25.0 Å². The zero-order valence-corrected chi connectivity index (χ0v) is 14.3. The third kappa shape index (κ3) is 4.49. The molecule has 1 atom stereocenters. The Morgan fingerprint density at radius 1 is 1.16 bits per heavy atom. The highest BCUT2D eigenvalue weighted by Crippen LogP contribution is 2.23. The third-order valence-corrected chi connectivity index (χ3v) is 4.15. The number of ether oxygens (including phenoxy) is 1. The topological polar surface area (TPSA) is 66.8 Å². The maximum atomic E-state index is 12.2. The third-order valence-electron chi connectivity index (χ3n) is 4.15. The summed E-state index contributed by atoms with van der Waals surface area (Å²) in [4.78, 5) is 18.5. The van der Waals surface area contributed by atoms with Gasteiger partial charge in [-0.15, -0.1) is 0 Å². The Kier molecular flexibility index (Phi) is 5.87. The number of aromatic nitrogens is 1. The molecule has 1 amide bonds. The van der Waals surface area contributed by atoms with Crippen LogP contribution >= 0.6 is 0 Å². The van der Waals surface area contributed by atoms with Gasteiger partial charge < -0.3 is 4.74 Å². The normalized spacial score (nSPS) is 17.1. The van der Waals surface area contributed by atoms with Gasteiger partial charge in [0.25, 0.3) is 5.91 Å². The van der Waals surface area contributed by atoms with Crippen LogP contribution in [0.2, 0.25) is 0 Å². The Bertz CT molecular complexity index is 713. The van der Waals surface area contributed by atoms with Gasteiger partial charge in [-0.05, 0) is 24.6 Å². The molecule has 0 spiro atoms. The first-order chi connectivity index (χ1) is 12.3. The number of hydrogen-bond acceptors (Lipinski definition) is 5. The number of carbonyl (C=O) groups is 1. The summed E-state index contributed by atoms with van der Waals surface area (Å²) >= 11 is 0. The minimum absolute atomic E-state index is 0.00846. The fourth-order valence-electron chi connectivity index (χ4n) is 2.94. The van der Waals surface area contributed by atoms with Crippen LogP contribution in [0, 0.1) is 0 Å². The van der Waals surface area contributed by atoms with Crippen LogP contribution in [-0.2, 0) is 4.74 Å². The van der Waals surface area contributed by atoms with Crippen LogP contribution in [0.25, 0.3) is 0 Å². The number of benzene rings is 1. The SMILES string of the molecule is C/C(=N/NC(=O)c1ccccn1)[C@H](c1ccccc1)N1CCOCC1. The number of nitrogens with one attached hydrogen (secondary N) is 1. The van der Waals surface area contributed by atoms with Gasteiger partial charge >= 0.3 is 0 Å². The molecular formula is C19H22N4O2. The van der Waals surface area contributed by atoms with Crippen molar-refractivity contribution in [3.63, 3.8) is 0 Å². The molecule has 1 aliphatic heterocycles. The monoisotopic (exact) mass is 338 g/mol. The van der Waals surface area contributed by atoms with Gasteiger partial charge in [-0.25, -0.2) is 5.43 Å². The molecule has 2 heterocycles. The van der Waals surface area contributed by atoms with E-state index in [1.807, 2.05) is 25.1 Å². The van der Waals surface area contributed by atoms with Gasteiger partial charge in [0.1, 0.15) is 5.69 Å². The molecule has 0 aliphatic carbocycles. The number of pyridine rings is 1. The summed E-state index contributed by atoms with van der Waals surface area (Å²) in [6, 6.07) is 15.4. The lowest BCUT2D eigenvalue weighted by Gasteiger charge is -2.34. The molecule has 1 aromatic heterocycles. The molecular weight excluding hydrogens is 316 g/mol. The molecule has 0 radical (unpaired) electrons. The number of nitrogens with zero attached hydrogens (tertiary/aromatic N) is 3. The van der Waals surface area contributed by atoms with Crippen molar-refractivity contribution in [3.8, 4) is 0 Å². The number of rotatable bonds is 5. The molecule has 25 heavy (non-hydrogen) atoms. The molecule has 2 aromatic rings. The van der Waals surface area contributed by atoms with Crippen molar-refractivity contribution in [1.29, 1.82) is 0 Å². The van der Waals surface area contributed by atoms with Crippen LogP contribution in [0.5, 0.6) is 0 Å². The van der Waals surface area contributed by atoms with E-state index in [1.54, 1.807) is 24.4 Å². The molecule has 1 saturated heterocycles. The summed E-state index contributed by atoms with van der Waals surface area (Å²) in [7, 11) is 0. The summed E-state index contributed by atoms with van der Waals surface area (Å²) in [6.45, 7) is 5.01. The quantitative estimate of drug-likeness (QED) is 0.671. The molecule has 1 fully saturated rings. The summed E-state index contributed by atoms with van der Waals surface area (Å²) in [5.41, 5.74) is 4.95. The minimum atomic E-state index is -0.311. The molecule has 1 aliphatic rings. The highest BCUT2D eigenvalue weighted by Gasteiger charge is 2.25. The minimum Gasteiger partial charge on any atom is -0.379 e. The lowest BCUT2D eigenvalue weighted by Crippen LogP contribution is -2.42. The smallest absolute Gasteiger partial charge is 0.289 e. The van der Waals surface area contributed by atoms with E-state index >= 15 is 0 Å². The first-order valence-corrected chi connectivity index (χ1v) is 8.38. The van der Waals surface area contributed by atoms with E-state index in [1.165, 1.54) is 0 Å². The summed E-state index contributed by atoms with van der Waals surface area (Å²) in [5, 5.41) is 4.35. The molecule has 0 unspecified atom stereocenters. The van der Waals surface area contributed by atoms with Crippen molar-refractivity contribution in [2.24, 2.45) is 5.10 Å². The van der Waals surface area contributed by atoms with Crippen molar-refractivity contribution in [2.75, 3.05) is 26.3 Å². The molecule has 6 nitrogen and oxygen atoms in total. The Balaban J connectivity index is 1.78. The zero-order valence-electron chi connectivity index (χ0n) is 14.3. The van der Waals surface area contributed by atoms with E-state index in [4.69, 9.17) is 4.74 Å². The summed E-state index contributed by atoms with van der Waals surface area (Å²) in [5.74, 6) is -0.311. The highest BCUT2D eigenvalue weighted by atomic mass is 16.5.